The highest BCUT2D eigenvalue weighted by molar-refractivity contribution is 6.51. The summed E-state index contributed by atoms with van der Waals surface area (Å²) in [5, 5.41) is 11.1. The Morgan fingerprint density at radius 2 is 1.70 bits per heavy atom. The third-order valence-corrected chi connectivity index (χ3v) is 5.91. The number of anilines is 1. The third kappa shape index (κ3) is 3.61. The van der Waals surface area contributed by atoms with E-state index in [1.165, 1.54) is 17.3 Å². The summed E-state index contributed by atoms with van der Waals surface area (Å²) in [7, 11) is 0. The van der Waals surface area contributed by atoms with Crippen molar-refractivity contribution in [1.82, 2.24) is 4.98 Å². The van der Waals surface area contributed by atoms with Crippen LogP contribution in [-0.4, -0.2) is 35.0 Å². The summed E-state index contributed by atoms with van der Waals surface area (Å²) in [6.07, 6.45) is 3.91. The molecule has 2 aromatic carbocycles. The first-order valence-electron chi connectivity index (χ1n) is 10.8. The molecule has 0 aliphatic carbocycles. The zero-order chi connectivity index (χ0) is 22.9. The summed E-state index contributed by atoms with van der Waals surface area (Å²) in [5.74, 6) is -0.604. The van der Waals surface area contributed by atoms with E-state index in [0.29, 0.717) is 36.0 Å². The van der Waals surface area contributed by atoms with Crippen LogP contribution < -0.4 is 14.4 Å². The molecule has 1 aromatic heterocycles. The molecule has 166 valence electrons. The zero-order valence-corrected chi connectivity index (χ0v) is 18.0. The smallest absolute Gasteiger partial charge is 0.300 e. The van der Waals surface area contributed by atoms with Crippen molar-refractivity contribution in [3.63, 3.8) is 0 Å². The average molecular weight is 442 g/mol. The van der Waals surface area contributed by atoms with Gasteiger partial charge in [-0.2, -0.15) is 0 Å². The molecule has 2 aliphatic heterocycles. The molecule has 2 aliphatic rings. The van der Waals surface area contributed by atoms with Gasteiger partial charge < -0.3 is 14.6 Å². The molecule has 5 rings (SSSR count). The average Bonchev–Trinajstić information content (AvgIpc) is 3.14. The Balaban J connectivity index is 1.69. The van der Waals surface area contributed by atoms with Crippen LogP contribution in [0.4, 0.5) is 5.69 Å². The number of ketones is 1. The Kier molecular flexibility index (Phi) is 5.30. The summed E-state index contributed by atoms with van der Waals surface area (Å²) in [6.45, 7) is 2.91. The topological polar surface area (TPSA) is 89.0 Å². The van der Waals surface area contributed by atoms with Gasteiger partial charge in [0.05, 0.1) is 11.6 Å². The molecule has 1 saturated heterocycles. The number of aromatic nitrogens is 1. The number of aliphatic hydroxyl groups is 1. The van der Waals surface area contributed by atoms with Crippen molar-refractivity contribution in [3.8, 4) is 11.5 Å². The number of amides is 1. The minimum Gasteiger partial charge on any atom is -0.507 e. The molecule has 0 saturated carbocycles. The van der Waals surface area contributed by atoms with Crippen LogP contribution in [0.5, 0.6) is 11.5 Å². The van der Waals surface area contributed by atoms with E-state index in [4.69, 9.17) is 9.47 Å². The largest absolute Gasteiger partial charge is 0.507 e. The van der Waals surface area contributed by atoms with Crippen LogP contribution in [-0.2, 0) is 16.0 Å². The fourth-order valence-corrected chi connectivity index (χ4v) is 4.20. The highest BCUT2D eigenvalue weighted by atomic mass is 16.6. The van der Waals surface area contributed by atoms with Crippen molar-refractivity contribution >= 4 is 23.1 Å². The van der Waals surface area contributed by atoms with E-state index in [-0.39, 0.29) is 11.3 Å². The number of carbonyl (C=O) groups is 2. The van der Waals surface area contributed by atoms with E-state index >= 15 is 0 Å². The molecule has 0 spiro atoms. The molecule has 1 unspecified atom stereocenters. The van der Waals surface area contributed by atoms with E-state index in [2.05, 4.69) is 11.9 Å². The summed E-state index contributed by atoms with van der Waals surface area (Å²) in [4.78, 5) is 31.9. The fraction of sp³-hybridized carbons (Fsp3) is 0.192. The molecule has 1 amide bonds. The molecule has 3 aromatic rings. The van der Waals surface area contributed by atoms with E-state index in [1.54, 1.807) is 30.3 Å². The van der Waals surface area contributed by atoms with Crippen molar-refractivity contribution < 1.29 is 24.2 Å². The maximum atomic E-state index is 13.3. The Bertz CT molecular complexity index is 1250. The van der Waals surface area contributed by atoms with Crippen LogP contribution in [0.1, 0.15) is 29.7 Å². The van der Waals surface area contributed by atoms with Gasteiger partial charge in [-0.1, -0.05) is 31.2 Å². The second-order valence-corrected chi connectivity index (χ2v) is 7.83. The second-order valence-electron chi connectivity index (χ2n) is 7.83. The molecule has 7 heteroatoms. The minimum absolute atomic E-state index is 0.0327. The number of nitrogens with zero attached hydrogens (tertiary/aromatic N) is 2. The molecule has 7 nitrogen and oxygen atoms in total. The number of carbonyl (C=O) groups excluding carboxylic acids is 2. The van der Waals surface area contributed by atoms with Gasteiger partial charge in [-0.15, -0.1) is 0 Å². The number of ether oxygens (including phenoxy) is 2. The molecular weight excluding hydrogens is 420 g/mol. The molecule has 1 N–H and O–H groups in total. The summed E-state index contributed by atoms with van der Waals surface area (Å²) in [6, 6.07) is 15.2. The first-order valence-corrected chi connectivity index (χ1v) is 10.8. The van der Waals surface area contributed by atoms with E-state index in [0.717, 1.165) is 17.5 Å². The van der Waals surface area contributed by atoms with Crippen molar-refractivity contribution in [1.29, 1.82) is 0 Å². The lowest BCUT2D eigenvalue weighted by Gasteiger charge is -2.27. The molecule has 0 bridgehead atoms. The SMILES string of the molecule is CCc1ccc(C2/C(=C(\O)c3ccncc3)C(=O)C(=O)N2c2ccc3c(c2)OCCO3)cc1. The molecular formula is C26H22N2O5. The Hall–Kier alpha value is -4.13. The summed E-state index contributed by atoms with van der Waals surface area (Å²) >= 11 is 0. The van der Waals surface area contributed by atoms with Crippen molar-refractivity contribution in [2.45, 2.75) is 19.4 Å². The van der Waals surface area contributed by atoms with Crippen molar-refractivity contribution in [2.24, 2.45) is 0 Å². The first kappa shape index (κ1) is 20.8. The number of benzene rings is 2. The van der Waals surface area contributed by atoms with Crippen LogP contribution >= 0.6 is 0 Å². The molecule has 0 radical (unpaired) electrons. The molecule has 3 heterocycles. The van der Waals surface area contributed by atoms with Crippen LogP contribution in [0.3, 0.4) is 0 Å². The van der Waals surface area contributed by atoms with Crippen LogP contribution in [0.2, 0.25) is 0 Å². The van der Waals surface area contributed by atoms with Crippen molar-refractivity contribution in [2.75, 3.05) is 18.1 Å². The van der Waals surface area contributed by atoms with Gasteiger partial charge in [-0.25, -0.2) is 0 Å². The van der Waals surface area contributed by atoms with E-state index in [1.807, 2.05) is 24.3 Å². The number of rotatable bonds is 4. The van der Waals surface area contributed by atoms with Gasteiger partial charge in [0.15, 0.2) is 11.5 Å². The minimum atomic E-state index is -0.799. The maximum Gasteiger partial charge on any atom is 0.300 e. The number of aryl methyl sites for hydroxylation is 1. The Morgan fingerprint density at radius 1 is 1.00 bits per heavy atom. The van der Waals surface area contributed by atoms with Gasteiger partial charge in [0, 0.05) is 29.7 Å². The van der Waals surface area contributed by atoms with Crippen molar-refractivity contribution in [3.05, 3.63) is 89.3 Å². The lowest BCUT2D eigenvalue weighted by molar-refractivity contribution is -0.132. The van der Waals surface area contributed by atoms with Gasteiger partial charge in [-0.3, -0.25) is 19.5 Å². The lowest BCUT2D eigenvalue weighted by atomic mass is 9.94. The van der Waals surface area contributed by atoms with Gasteiger partial charge >= 0.3 is 0 Å². The normalized spacial score (nSPS) is 19.1. The predicted molar refractivity (Wildman–Crippen MR) is 122 cm³/mol. The van der Waals surface area contributed by atoms with Gasteiger partial charge in [-0.05, 0) is 41.8 Å². The predicted octanol–water partition coefficient (Wildman–Crippen LogP) is 4.04. The number of Topliss-reactive ketones (excluding diaryl/α,β-unsaturated/α-hetero) is 1. The molecule has 1 fully saturated rings. The quantitative estimate of drug-likeness (QED) is 0.373. The number of hydrogen-bond donors (Lipinski definition) is 1. The Morgan fingerprint density at radius 3 is 2.39 bits per heavy atom. The monoisotopic (exact) mass is 442 g/mol. The van der Waals surface area contributed by atoms with Crippen LogP contribution in [0, 0.1) is 0 Å². The highest BCUT2D eigenvalue weighted by Crippen LogP contribution is 2.44. The zero-order valence-electron chi connectivity index (χ0n) is 18.0. The molecule has 33 heavy (non-hydrogen) atoms. The van der Waals surface area contributed by atoms with E-state index < -0.39 is 17.7 Å². The van der Waals surface area contributed by atoms with Gasteiger partial charge in [0.1, 0.15) is 19.0 Å². The second kappa shape index (κ2) is 8.43. The fourth-order valence-electron chi connectivity index (χ4n) is 4.20. The maximum absolute atomic E-state index is 13.3. The van der Waals surface area contributed by atoms with Gasteiger partial charge in [0.25, 0.3) is 11.7 Å². The molecule has 1 atom stereocenters. The lowest BCUT2D eigenvalue weighted by Crippen LogP contribution is -2.29. The summed E-state index contributed by atoms with van der Waals surface area (Å²) < 4.78 is 11.3. The standard InChI is InChI=1S/C26H22N2O5/c1-2-16-3-5-17(6-4-16)23-22(24(29)18-9-11-27-12-10-18)25(30)26(31)28(23)19-7-8-20-21(15-19)33-14-13-32-20/h3-12,15,23,29H,2,13-14H2,1H3/b24-22+. The first-order chi connectivity index (χ1) is 16.1. The highest BCUT2D eigenvalue weighted by Gasteiger charge is 2.47. The van der Waals surface area contributed by atoms with Crippen LogP contribution in [0.25, 0.3) is 5.76 Å². The van der Waals surface area contributed by atoms with Crippen LogP contribution in [0.15, 0.2) is 72.6 Å². The van der Waals surface area contributed by atoms with E-state index in [9.17, 15) is 14.7 Å². The number of pyridine rings is 1. The number of hydrogen-bond acceptors (Lipinski definition) is 6. The Labute approximate surface area is 190 Å². The van der Waals surface area contributed by atoms with Gasteiger partial charge in [0.2, 0.25) is 0 Å². The number of fused-ring (bicyclic) bond motifs is 1. The third-order valence-electron chi connectivity index (χ3n) is 5.91. The number of aliphatic hydroxyl groups excluding tert-OH is 1. The summed E-state index contributed by atoms with van der Waals surface area (Å²) in [5.41, 5.74) is 2.78.